The average molecular weight is 409 g/mol. The summed E-state index contributed by atoms with van der Waals surface area (Å²) in [5.74, 6) is 0. The Morgan fingerprint density at radius 2 is 1.45 bits per heavy atom. The summed E-state index contributed by atoms with van der Waals surface area (Å²) in [4.78, 5) is 5.17. The van der Waals surface area contributed by atoms with Crippen LogP contribution in [0.25, 0.3) is 0 Å². The van der Waals surface area contributed by atoms with Crippen LogP contribution in [0.3, 0.4) is 0 Å². The number of hydrogen-bond donors (Lipinski definition) is 0. The van der Waals surface area contributed by atoms with Gasteiger partial charge in [-0.05, 0) is 35.7 Å². The van der Waals surface area contributed by atoms with Crippen LogP contribution < -0.4 is 0 Å². The fourth-order valence-electron chi connectivity index (χ4n) is 4.14. The van der Waals surface area contributed by atoms with Crippen molar-refractivity contribution in [3.63, 3.8) is 0 Å². The number of rotatable bonds is 5. The van der Waals surface area contributed by atoms with Gasteiger partial charge in [-0.15, -0.1) is 0 Å². The molecule has 3 nitrogen and oxygen atoms in total. The van der Waals surface area contributed by atoms with Crippen molar-refractivity contribution in [2.45, 2.75) is 19.5 Å². The van der Waals surface area contributed by atoms with Gasteiger partial charge in [-0.3, -0.25) is 9.80 Å². The maximum atomic E-state index is 6.14. The van der Waals surface area contributed by atoms with Crippen molar-refractivity contribution in [1.82, 2.24) is 9.80 Å². The second kappa shape index (κ2) is 10.0. The highest BCUT2D eigenvalue weighted by atomic mass is 35.5. The first-order valence-electron chi connectivity index (χ1n) is 10.0. The number of aryl methyl sites for hydroxylation is 1. The van der Waals surface area contributed by atoms with E-state index in [1.807, 2.05) is 12.1 Å². The van der Waals surface area contributed by atoms with Crippen molar-refractivity contribution in [3.8, 4) is 0 Å². The van der Waals surface area contributed by atoms with Crippen molar-refractivity contribution < 1.29 is 5.48 Å². The largest absolute Gasteiger partial charge is 0.412 e. The highest BCUT2D eigenvalue weighted by Crippen LogP contribution is 2.30. The molecule has 4 rings (SSSR count). The van der Waals surface area contributed by atoms with Gasteiger partial charge in [-0.2, -0.15) is 0 Å². The van der Waals surface area contributed by atoms with Crippen LogP contribution in [0.1, 0.15) is 28.3 Å². The third-order valence-electron chi connectivity index (χ3n) is 5.56. The third kappa shape index (κ3) is 5.46. The lowest BCUT2D eigenvalue weighted by atomic mass is 9.96. The fraction of sp³-hybridized carbons (Fsp3) is 0.280. The molecule has 3 aromatic carbocycles. The zero-order chi connectivity index (χ0) is 19.3. The minimum atomic E-state index is 0. The number of piperazine rings is 1. The Morgan fingerprint density at radius 3 is 2.10 bits per heavy atom. The molecular formula is C25H29ClN2O. The summed E-state index contributed by atoms with van der Waals surface area (Å²) in [6.45, 7) is 7.50. The van der Waals surface area contributed by atoms with E-state index < -0.39 is 0 Å². The molecule has 1 saturated heterocycles. The van der Waals surface area contributed by atoms with E-state index >= 15 is 0 Å². The smallest absolute Gasteiger partial charge is 0.0602 e. The molecule has 0 aliphatic carbocycles. The normalized spacial score (nSPS) is 16.2. The molecule has 1 aliphatic heterocycles. The Kier molecular flexibility index (Phi) is 7.45. The Balaban J connectivity index is 0.00000240. The van der Waals surface area contributed by atoms with E-state index in [2.05, 4.69) is 83.5 Å². The van der Waals surface area contributed by atoms with Crippen molar-refractivity contribution >= 4 is 11.6 Å². The molecule has 1 aliphatic rings. The van der Waals surface area contributed by atoms with E-state index in [4.69, 9.17) is 11.6 Å². The van der Waals surface area contributed by atoms with Crippen LogP contribution in [-0.2, 0) is 6.54 Å². The number of benzene rings is 3. The molecular weight excluding hydrogens is 380 g/mol. The quantitative estimate of drug-likeness (QED) is 0.612. The third-order valence-corrected chi connectivity index (χ3v) is 5.81. The van der Waals surface area contributed by atoms with Crippen LogP contribution in [0.15, 0.2) is 78.9 Å². The molecule has 1 heterocycles. The van der Waals surface area contributed by atoms with Gasteiger partial charge in [0.25, 0.3) is 0 Å². The van der Waals surface area contributed by atoms with Crippen LogP contribution in [0, 0.1) is 6.92 Å². The Hall–Kier alpha value is -2.17. The molecule has 0 saturated carbocycles. The summed E-state index contributed by atoms with van der Waals surface area (Å²) < 4.78 is 0. The van der Waals surface area contributed by atoms with Crippen molar-refractivity contribution in [2.75, 3.05) is 26.2 Å². The average Bonchev–Trinajstić information content (AvgIpc) is 2.72. The molecule has 0 radical (unpaired) electrons. The maximum Gasteiger partial charge on any atom is 0.0602 e. The van der Waals surface area contributed by atoms with Crippen molar-refractivity contribution in [1.29, 1.82) is 0 Å². The first-order valence-corrected chi connectivity index (χ1v) is 10.4. The van der Waals surface area contributed by atoms with Gasteiger partial charge in [0, 0.05) is 37.7 Å². The van der Waals surface area contributed by atoms with Crippen molar-refractivity contribution in [2.24, 2.45) is 0 Å². The molecule has 0 bridgehead atoms. The van der Waals surface area contributed by atoms with Crippen LogP contribution in [0.5, 0.6) is 0 Å². The van der Waals surface area contributed by atoms with Gasteiger partial charge >= 0.3 is 0 Å². The second-order valence-electron chi connectivity index (χ2n) is 7.67. The molecule has 152 valence electrons. The SMILES string of the molecule is Cc1cccc(CN2CCN(C(c3ccccc3)c3ccc(Cl)cc3)CC2)c1.O. The molecule has 1 fully saturated rings. The van der Waals surface area contributed by atoms with Gasteiger partial charge < -0.3 is 5.48 Å². The van der Waals surface area contributed by atoms with Gasteiger partial charge in [0.15, 0.2) is 0 Å². The summed E-state index contributed by atoms with van der Waals surface area (Å²) >= 11 is 6.14. The lowest BCUT2D eigenvalue weighted by molar-refractivity contribution is 0.105. The number of hydrogen-bond acceptors (Lipinski definition) is 2. The lowest BCUT2D eigenvalue weighted by Gasteiger charge is -2.40. The van der Waals surface area contributed by atoms with E-state index in [0.717, 1.165) is 37.7 Å². The van der Waals surface area contributed by atoms with Crippen LogP contribution in [0.2, 0.25) is 5.02 Å². The molecule has 4 heteroatoms. The highest BCUT2D eigenvalue weighted by Gasteiger charge is 2.26. The minimum Gasteiger partial charge on any atom is -0.412 e. The van der Waals surface area contributed by atoms with E-state index in [9.17, 15) is 0 Å². The summed E-state index contributed by atoms with van der Waals surface area (Å²) in [5.41, 5.74) is 5.40. The van der Waals surface area contributed by atoms with Crippen LogP contribution >= 0.6 is 11.6 Å². The molecule has 0 aromatic heterocycles. The highest BCUT2D eigenvalue weighted by molar-refractivity contribution is 6.30. The molecule has 29 heavy (non-hydrogen) atoms. The number of halogens is 1. The minimum absolute atomic E-state index is 0. The Morgan fingerprint density at radius 1 is 0.793 bits per heavy atom. The van der Waals surface area contributed by atoms with Crippen LogP contribution in [-0.4, -0.2) is 41.5 Å². The van der Waals surface area contributed by atoms with E-state index in [1.165, 1.54) is 22.3 Å². The predicted octanol–water partition coefficient (Wildman–Crippen LogP) is 4.73. The summed E-state index contributed by atoms with van der Waals surface area (Å²) in [6.07, 6.45) is 0. The summed E-state index contributed by atoms with van der Waals surface area (Å²) in [6, 6.07) is 28.3. The molecule has 1 atom stereocenters. The standard InChI is InChI=1S/C25H27ClN2.H2O/c1-20-6-5-7-21(18-20)19-27-14-16-28(17-15-27)25(22-8-3-2-4-9-22)23-10-12-24(26)13-11-23;/h2-13,18,25H,14-17,19H2,1H3;1H2. The Labute approximate surface area is 178 Å². The topological polar surface area (TPSA) is 38.0 Å². The number of nitrogens with zero attached hydrogens (tertiary/aromatic N) is 2. The Bertz CT molecular complexity index is 890. The van der Waals surface area contributed by atoms with Gasteiger partial charge in [0.1, 0.15) is 0 Å². The molecule has 2 N–H and O–H groups in total. The molecule has 0 spiro atoms. The first-order chi connectivity index (χ1) is 13.7. The van der Waals surface area contributed by atoms with Crippen LogP contribution in [0.4, 0.5) is 0 Å². The first kappa shape index (κ1) is 21.5. The van der Waals surface area contributed by atoms with Gasteiger partial charge in [0.2, 0.25) is 0 Å². The van der Waals surface area contributed by atoms with Gasteiger partial charge in [-0.25, -0.2) is 0 Å². The molecule has 1 unspecified atom stereocenters. The molecule has 3 aromatic rings. The predicted molar refractivity (Wildman–Crippen MR) is 121 cm³/mol. The monoisotopic (exact) mass is 408 g/mol. The lowest BCUT2D eigenvalue weighted by Crippen LogP contribution is -2.47. The van der Waals surface area contributed by atoms with E-state index in [-0.39, 0.29) is 11.5 Å². The summed E-state index contributed by atoms with van der Waals surface area (Å²) in [5, 5.41) is 0.790. The van der Waals surface area contributed by atoms with Gasteiger partial charge in [-0.1, -0.05) is 83.9 Å². The maximum absolute atomic E-state index is 6.14. The zero-order valence-electron chi connectivity index (χ0n) is 16.9. The van der Waals surface area contributed by atoms with E-state index in [1.54, 1.807) is 0 Å². The molecule has 0 amide bonds. The summed E-state index contributed by atoms with van der Waals surface area (Å²) in [7, 11) is 0. The van der Waals surface area contributed by atoms with Crippen molar-refractivity contribution in [3.05, 3.63) is 106 Å². The second-order valence-corrected chi connectivity index (χ2v) is 8.10. The van der Waals surface area contributed by atoms with Gasteiger partial charge in [0.05, 0.1) is 6.04 Å². The zero-order valence-corrected chi connectivity index (χ0v) is 17.6. The van der Waals surface area contributed by atoms with E-state index in [0.29, 0.717) is 0 Å². The fourth-order valence-corrected chi connectivity index (χ4v) is 4.27.